The van der Waals surface area contributed by atoms with Crippen LogP contribution in [0.3, 0.4) is 0 Å². The van der Waals surface area contributed by atoms with Crippen molar-refractivity contribution in [2.45, 2.75) is 32.7 Å². The standard InChI is InChI=1S/C24H28N2O2/c1-24(2,3)18-10-8-17(9-11-18)22-19-6-4-5-7-21(19)28-23(27)20(22)16-26-14-12-25-13-15-26/h4-11,25H,12-16H2,1-3H3. The van der Waals surface area contributed by atoms with E-state index in [1.54, 1.807) is 0 Å². The lowest BCUT2D eigenvalue weighted by Gasteiger charge is -2.27. The first-order valence-electron chi connectivity index (χ1n) is 10.0. The highest BCUT2D eigenvalue weighted by Crippen LogP contribution is 2.33. The van der Waals surface area contributed by atoms with Gasteiger partial charge in [0.2, 0.25) is 0 Å². The van der Waals surface area contributed by atoms with Crippen LogP contribution in [0.15, 0.2) is 57.7 Å². The summed E-state index contributed by atoms with van der Waals surface area (Å²) < 4.78 is 5.68. The fourth-order valence-corrected chi connectivity index (χ4v) is 3.89. The summed E-state index contributed by atoms with van der Waals surface area (Å²) in [5.74, 6) is 0. The Balaban J connectivity index is 1.86. The monoisotopic (exact) mass is 376 g/mol. The number of piperazine rings is 1. The Kier molecular flexibility index (Phi) is 5.09. The van der Waals surface area contributed by atoms with Crippen LogP contribution in [0.5, 0.6) is 0 Å². The molecule has 4 heteroatoms. The highest BCUT2D eigenvalue weighted by molar-refractivity contribution is 5.94. The summed E-state index contributed by atoms with van der Waals surface area (Å²) in [5, 5.41) is 4.36. The van der Waals surface area contributed by atoms with Crippen molar-refractivity contribution in [3.63, 3.8) is 0 Å². The molecule has 28 heavy (non-hydrogen) atoms. The van der Waals surface area contributed by atoms with E-state index in [0.717, 1.165) is 48.3 Å². The summed E-state index contributed by atoms with van der Waals surface area (Å²) in [6.45, 7) is 11.0. The van der Waals surface area contributed by atoms with Crippen molar-refractivity contribution in [1.82, 2.24) is 10.2 Å². The number of nitrogens with zero attached hydrogens (tertiary/aromatic N) is 1. The van der Waals surface area contributed by atoms with E-state index >= 15 is 0 Å². The molecule has 0 amide bonds. The van der Waals surface area contributed by atoms with E-state index in [2.05, 4.69) is 55.3 Å². The van der Waals surface area contributed by atoms with Crippen molar-refractivity contribution in [2.24, 2.45) is 0 Å². The molecule has 0 atom stereocenters. The number of para-hydroxylation sites is 1. The molecule has 1 N–H and O–H groups in total. The number of rotatable bonds is 3. The van der Waals surface area contributed by atoms with E-state index in [-0.39, 0.29) is 11.0 Å². The van der Waals surface area contributed by atoms with Crippen LogP contribution in [0.25, 0.3) is 22.1 Å². The minimum atomic E-state index is -0.230. The zero-order chi connectivity index (χ0) is 19.7. The number of fused-ring (bicyclic) bond motifs is 1. The van der Waals surface area contributed by atoms with E-state index in [1.807, 2.05) is 24.3 Å². The van der Waals surface area contributed by atoms with Gasteiger partial charge in [0.15, 0.2) is 0 Å². The van der Waals surface area contributed by atoms with E-state index in [9.17, 15) is 4.79 Å². The Hall–Kier alpha value is -2.43. The van der Waals surface area contributed by atoms with Crippen molar-refractivity contribution in [2.75, 3.05) is 26.2 Å². The van der Waals surface area contributed by atoms with E-state index in [4.69, 9.17) is 4.42 Å². The molecular formula is C24H28N2O2. The molecule has 146 valence electrons. The average molecular weight is 377 g/mol. The normalized spacial score (nSPS) is 15.8. The van der Waals surface area contributed by atoms with E-state index < -0.39 is 0 Å². The molecule has 0 spiro atoms. The Morgan fingerprint density at radius 3 is 2.36 bits per heavy atom. The summed E-state index contributed by atoms with van der Waals surface area (Å²) >= 11 is 0. The van der Waals surface area contributed by atoms with Crippen LogP contribution in [0.2, 0.25) is 0 Å². The molecule has 3 aromatic rings. The van der Waals surface area contributed by atoms with E-state index in [1.165, 1.54) is 5.56 Å². The fraction of sp³-hybridized carbons (Fsp3) is 0.375. The molecule has 4 nitrogen and oxygen atoms in total. The van der Waals surface area contributed by atoms with Crippen molar-refractivity contribution >= 4 is 11.0 Å². The van der Waals surface area contributed by atoms with Crippen LogP contribution in [-0.2, 0) is 12.0 Å². The Bertz CT molecular complexity index is 1020. The molecule has 0 radical (unpaired) electrons. The van der Waals surface area contributed by atoms with Gasteiger partial charge in [-0.2, -0.15) is 0 Å². The quantitative estimate of drug-likeness (QED) is 0.697. The third-order valence-corrected chi connectivity index (χ3v) is 5.54. The van der Waals surface area contributed by atoms with Gasteiger partial charge in [0, 0.05) is 43.7 Å². The van der Waals surface area contributed by atoms with Crippen LogP contribution in [-0.4, -0.2) is 31.1 Å². The average Bonchev–Trinajstić information content (AvgIpc) is 2.69. The predicted molar refractivity (Wildman–Crippen MR) is 115 cm³/mol. The molecule has 1 fully saturated rings. The minimum absolute atomic E-state index is 0.0972. The van der Waals surface area contributed by atoms with Gasteiger partial charge in [-0.05, 0) is 22.6 Å². The predicted octanol–water partition coefficient (Wildman–Crippen LogP) is 4.16. The Morgan fingerprint density at radius 2 is 1.68 bits per heavy atom. The highest BCUT2D eigenvalue weighted by Gasteiger charge is 2.21. The van der Waals surface area contributed by atoms with Gasteiger partial charge in [-0.1, -0.05) is 63.2 Å². The maximum absolute atomic E-state index is 12.9. The SMILES string of the molecule is CC(C)(C)c1ccc(-c2c(CN3CCNCC3)c(=O)oc3ccccc23)cc1. The van der Waals surface area contributed by atoms with Gasteiger partial charge in [0.25, 0.3) is 0 Å². The van der Waals surface area contributed by atoms with Crippen LogP contribution in [0.1, 0.15) is 31.9 Å². The maximum atomic E-state index is 12.9. The first-order chi connectivity index (χ1) is 13.4. The van der Waals surface area contributed by atoms with Gasteiger partial charge in [0.05, 0.1) is 5.56 Å². The first-order valence-corrected chi connectivity index (χ1v) is 10.0. The molecule has 1 saturated heterocycles. The van der Waals surface area contributed by atoms with Gasteiger partial charge in [-0.3, -0.25) is 4.90 Å². The molecule has 0 aliphatic carbocycles. The molecule has 4 rings (SSSR count). The van der Waals surface area contributed by atoms with Gasteiger partial charge in [-0.25, -0.2) is 4.79 Å². The fourth-order valence-electron chi connectivity index (χ4n) is 3.89. The summed E-state index contributed by atoms with van der Waals surface area (Å²) in [4.78, 5) is 15.2. The van der Waals surface area contributed by atoms with Crippen LogP contribution in [0, 0.1) is 0 Å². The lowest BCUT2D eigenvalue weighted by atomic mass is 9.85. The van der Waals surface area contributed by atoms with Crippen molar-refractivity contribution in [3.05, 3.63) is 70.1 Å². The molecule has 0 bridgehead atoms. The zero-order valence-corrected chi connectivity index (χ0v) is 16.9. The summed E-state index contributed by atoms with van der Waals surface area (Å²) in [6, 6.07) is 16.5. The second-order valence-electron chi connectivity index (χ2n) is 8.59. The van der Waals surface area contributed by atoms with Crippen LogP contribution in [0.4, 0.5) is 0 Å². The number of nitrogens with one attached hydrogen (secondary N) is 1. The third kappa shape index (κ3) is 3.75. The van der Waals surface area contributed by atoms with Crippen molar-refractivity contribution in [1.29, 1.82) is 0 Å². The molecule has 0 unspecified atom stereocenters. The van der Waals surface area contributed by atoms with Gasteiger partial charge in [0.1, 0.15) is 5.58 Å². The Labute approximate surface area is 166 Å². The number of hydrogen-bond acceptors (Lipinski definition) is 4. The first kappa shape index (κ1) is 18.9. The largest absolute Gasteiger partial charge is 0.422 e. The number of benzene rings is 2. The van der Waals surface area contributed by atoms with Crippen LogP contribution < -0.4 is 10.9 Å². The minimum Gasteiger partial charge on any atom is -0.422 e. The maximum Gasteiger partial charge on any atom is 0.341 e. The molecule has 1 aliphatic rings. The summed E-state index contributed by atoms with van der Waals surface area (Å²) in [7, 11) is 0. The van der Waals surface area contributed by atoms with E-state index in [0.29, 0.717) is 12.1 Å². The molecule has 2 heterocycles. The molecular weight excluding hydrogens is 348 g/mol. The molecule has 0 saturated carbocycles. The lowest BCUT2D eigenvalue weighted by Crippen LogP contribution is -2.43. The topological polar surface area (TPSA) is 45.5 Å². The third-order valence-electron chi connectivity index (χ3n) is 5.54. The van der Waals surface area contributed by atoms with Gasteiger partial charge < -0.3 is 9.73 Å². The van der Waals surface area contributed by atoms with Crippen LogP contribution >= 0.6 is 0 Å². The lowest BCUT2D eigenvalue weighted by molar-refractivity contribution is 0.231. The Morgan fingerprint density at radius 1 is 1.00 bits per heavy atom. The van der Waals surface area contributed by atoms with Gasteiger partial charge >= 0.3 is 5.63 Å². The molecule has 2 aromatic carbocycles. The highest BCUT2D eigenvalue weighted by atomic mass is 16.4. The number of hydrogen-bond donors (Lipinski definition) is 1. The van der Waals surface area contributed by atoms with Crippen molar-refractivity contribution in [3.8, 4) is 11.1 Å². The van der Waals surface area contributed by atoms with Crippen molar-refractivity contribution < 1.29 is 4.42 Å². The second-order valence-corrected chi connectivity index (χ2v) is 8.59. The summed E-state index contributed by atoms with van der Waals surface area (Å²) in [6.07, 6.45) is 0. The second kappa shape index (κ2) is 7.53. The smallest absolute Gasteiger partial charge is 0.341 e. The van der Waals surface area contributed by atoms with Gasteiger partial charge in [-0.15, -0.1) is 0 Å². The molecule has 1 aliphatic heterocycles. The molecule has 1 aromatic heterocycles. The summed E-state index contributed by atoms with van der Waals surface area (Å²) in [5.41, 5.74) is 4.63. The zero-order valence-electron chi connectivity index (χ0n) is 16.9.